The maximum atomic E-state index is 11.1. The second kappa shape index (κ2) is 4.42. The van der Waals surface area contributed by atoms with Gasteiger partial charge in [-0.05, 0) is 6.92 Å². The molecule has 0 saturated heterocycles. The minimum atomic E-state index is -0.446. The smallest absolute Gasteiger partial charge is 0.338 e. The second-order valence-corrected chi connectivity index (χ2v) is 2.96. The molecule has 14 heavy (non-hydrogen) atoms. The van der Waals surface area contributed by atoms with Gasteiger partial charge in [-0.25, -0.2) is 4.79 Å². The molecule has 0 bridgehead atoms. The third-order valence-electron chi connectivity index (χ3n) is 1.66. The van der Waals surface area contributed by atoms with E-state index in [1.54, 1.807) is 6.92 Å². The van der Waals surface area contributed by atoms with E-state index in [2.05, 4.69) is 13.2 Å². The van der Waals surface area contributed by atoms with Crippen LogP contribution in [-0.4, -0.2) is 5.97 Å². The Hall–Kier alpha value is -1.83. The standard InChI is InChI=1S/C12H12O2/c1-9(2)12(13)14-10(3)11-7-5-4-6-8-11/h4-8H,1,3H2,2H3. The van der Waals surface area contributed by atoms with Gasteiger partial charge in [0.2, 0.25) is 0 Å². The Kier molecular flexibility index (Phi) is 3.24. The number of benzene rings is 1. The van der Waals surface area contributed by atoms with Crippen molar-refractivity contribution in [2.24, 2.45) is 0 Å². The molecule has 0 unspecified atom stereocenters. The summed E-state index contributed by atoms with van der Waals surface area (Å²) in [6, 6.07) is 9.25. The van der Waals surface area contributed by atoms with Crippen LogP contribution in [0.1, 0.15) is 12.5 Å². The molecule has 0 heterocycles. The Morgan fingerprint density at radius 2 is 1.79 bits per heavy atom. The Morgan fingerprint density at radius 1 is 1.21 bits per heavy atom. The van der Waals surface area contributed by atoms with Crippen LogP contribution in [0.3, 0.4) is 0 Å². The highest BCUT2D eigenvalue weighted by atomic mass is 16.5. The van der Waals surface area contributed by atoms with Gasteiger partial charge in [-0.2, -0.15) is 0 Å². The molecule has 0 spiro atoms. The molecule has 0 radical (unpaired) electrons. The molecule has 1 rings (SSSR count). The molecule has 0 amide bonds. The van der Waals surface area contributed by atoms with E-state index >= 15 is 0 Å². The van der Waals surface area contributed by atoms with E-state index < -0.39 is 5.97 Å². The quantitative estimate of drug-likeness (QED) is 0.414. The molecule has 2 heteroatoms. The normalized spacial score (nSPS) is 9.21. The first kappa shape index (κ1) is 10.3. The molecule has 0 saturated carbocycles. The number of ether oxygens (including phenoxy) is 1. The van der Waals surface area contributed by atoms with Crippen molar-refractivity contribution in [3.63, 3.8) is 0 Å². The van der Waals surface area contributed by atoms with Gasteiger partial charge in [0.25, 0.3) is 0 Å². The topological polar surface area (TPSA) is 26.3 Å². The van der Waals surface area contributed by atoms with Crippen molar-refractivity contribution in [2.45, 2.75) is 6.92 Å². The highest BCUT2D eigenvalue weighted by Gasteiger charge is 2.06. The minimum absolute atomic E-state index is 0.346. The van der Waals surface area contributed by atoms with E-state index in [4.69, 9.17) is 4.74 Å². The average Bonchev–Trinajstić information content (AvgIpc) is 2.19. The molecule has 72 valence electrons. The van der Waals surface area contributed by atoms with Gasteiger partial charge in [0.15, 0.2) is 0 Å². The van der Waals surface area contributed by atoms with E-state index in [-0.39, 0.29) is 0 Å². The molecule has 0 aliphatic heterocycles. The summed E-state index contributed by atoms with van der Waals surface area (Å²) in [5, 5.41) is 0. The number of carbonyl (C=O) groups excluding carboxylic acids is 1. The monoisotopic (exact) mass is 188 g/mol. The van der Waals surface area contributed by atoms with E-state index in [0.29, 0.717) is 11.3 Å². The highest BCUT2D eigenvalue weighted by Crippen LogP contribution is 2.14. The van der Waals surface area contributed by atoms with E-state index in [9.17, 15) is 4.79 Å². The van der Waals surface area contributed by atoms with Crippen molar-refractivity contribution in [1.82, 2.24) is 0 Å². The van der Waals surface area contributed by atoms with Crippen LogP contribution in [-0.2, 0) is 9.53 Å². The van der Waals surface area contributed by atoms with Crippen molar-refractivity contribution >= 4 is 11.7 Å². The maximum absolute atomic E-state index is 11.1. The number of rotatable bonds is 3. The molecule has 0 aromatic heterocycles. The van der Waals surface area contributed by atoms with E-state index in [1.165, 1.54) is 0 Å². The Morgan fingerprint density at radius 3 is 2.29 bits per heavy atom. The number of hydrogen-bond donors (Lipinski definition) is 0. The maximum Gasteiger partial charge on any atom is 0.338 e. The lowest BCUT2D eigenvalue weighted by atomic mass is 10.2. The van der Waals surface area contributed by atoms with Crippen LogP contribution in [0.5, 0.6) is 0 Å². The molecule has 1 aromatic carbocycles. The summed E-state index contributed by atoms with van der Waals surface area (Å²) in [5.41, 5.74) is 1.16. The zero-order valence-corrected chi connectivity index (χ0v) is 8.12. The minimum Gasteiger partial charge on any atom is -0.423 e. The van der Waals surface area contributed by atoms with Gasteiger partial charge in [-0.1, -0.05) is 43.5 Å². The highest BCUT2D eigenvalue weighted by molar-refractivity contribution is 5.90. The van der Waals surface area contributed by atoms with Crippen molar-refractivity contribution in [2.75, 3.05) is 0 Å². The van der Waals surface area contributed by atoms with Gasteiger partial charge >= 0.3 is 5.97 Å². The summed E-state index contributed by atoms with van der Waals surface area (Å²) < 4.78 is 4.96. The van der Waals surface area contributed by atoms with Crippen molar-refractivity contribution in [3.05, 3.63) is 54.6 Å². The van der Waals surface area contributed by atoms with Crippen LogP contribution < -0.4 is 0 Å². The van der Waals surface area contributed by atoms with Gasteiger partial charge < -0.3 is 4.74 Å². The van der Waals surface area contributed by atoms with Crippen LogP contribution >= 0.6 is 0 Å². The first-order chi connectivity index (χ1) is 6.61. The lowest BCUT2D eigenvalue weighted by molar-refractivity contribution is -0.132. The molecule has 0 aliphatic carbocycles. The summed E-state index contributed by atoms with van der Waals surface area (Å²) in [5.74, 6) is -0.0996. The van der Waals surface area contributed by atoms with Gasteiger partial charge in [0, 0.05) is 11.1 Å². The lowest BCUT2D eigenvalue weighted by Gasteiger charge is -2.06. The number of carbonyl (C=O) groups is 1. The van der Waals surface area contributed by atoms with Gasteiger partial charge in [0.05, 0.1) is 0 Å². The van der Waals surface area contributed by atoms with Crippen LogP contribution in [0.2, 0.25) is 0 Å². The second-order valence-electron chi connectivity index (χ2n) is 2.96. The van der Waals surface area contributed by atoms with Crippen LogP contribution in [0.25, 0.3) is 5.76 Å². The zero-order chi connectivity index (χ0) is 10.6. The van der Waals surface area contributed by atoms with Crippen LogP contribution in [0, 0.1) is 0 Å². The van der Waals surface area contributed by atoms with Gasteiger partial charge in [-0.3, -0.25) is 0 Å². The molecule has 0 atom stereocenters. The third kappa shape index (κ3) is 2.59. The Balaban J connectivity index is 2.69. The van der Waals surface area contributed by atoms with Crippen molar-refractivity contribution in [1.29, 1.82) is 0 Å². The number of hydrogen-bond acceptors (Lipinski definition) is 2. The molecule has 0 fully saturated rings. The molecule has 0 aliphatic rings. The summed E-state index contributed by atoms with van der Waals surface area (Å²) in [7, 11) is 0. The molecular weight excluding hydrogens is 176 g/mol. The first-order valence-electron chi connectivity index (χ1n) is 4.23. The largest absolute Gasteiger partial charge is 0.423 e. The number of esters is 1. The Bertz CT molecular complexity index is 363. The van der Waals surface area contributed by atoms with Crippen LogP contribution in [0.15, 0.2) is 49.1 Å². The predicted molar refractivity (Wildman–Crippen MR) is 56.4 cm³/mol. The SMILES string of the molecule is C=C(C)C(=O)OC(=C)c1ccccc1. The Labute approximate surface area is 83.5 Å². The van der Waals surface area contributed by atoms with E-state index in [1.807, 2.05) is 30.3 Å². The van der Waals surface area contributed by atoms with Crippen LogP contribution in [0.4, 0.5) is 0 Å². The molecule has 1 aromatic rings. The summed E-state index contributed by atoms with van der Waals surface area (Å²) >= 11 is 0. The van der Waals surface area contributed by atoms with E-state index in [0.717, 1.165) is 5.56 Å². The molecule has 2 nitrogen and oxygen atoms in total. The first-order valence-corrected chi connectivity index (χ1v) is 4.23. The average molecular weight is 188 g/mol. The van der Waals surface area contributed by atoms with Gasteiger partial charge in [-0.15, -0.1) is 0 Å². The van der Waals surface area contributed by atoms with Crippen molar-refractivity contribution < 1.29 is 9.53 Å². The lowest BCUT2D eigenvalue weighted by Crippen LogP contribution is -2.03. The third-order valence-corrected chi connectivity index (χ3v) is 1.66. The predicted octanol–water partition coefficient (Wildman–Crippen LogP) is 2.78. The summed E-state index contributed by atoms with van der Waals surface area (Å²) in [4.78, 5) is 11.1. The fraction of sp³-hybridized carbons (Fsp3) is 0.0833. The van der Waals surface area contributed by atoms with Crippen molar-refractivity contribution in [3.8, 4) is 0 Å². The fourth-order valence-corrected chi connectivity index (χ4v) is 0.882. The summed E-state index contributed by atoms with van der Waals surface area (Å²) in [6.45, 7) is 8.75. The molecular formula is C12H12O2. The van der Waals surface area contributed by atoms with Gasteiger partial charge in [0.1, 0.15) is 5.76 Å². The summed E-state index contributed by atoms with van der Waals surface area (Å²) in [6.07, 6.45) is 0. The fourth-order valence-electron chi connectivity index (χ4n) is 0.882. The zero-order valence-electron chi connectivity index (χ0n) is 8.12. The molecule has 0 N–H and O–H groups in total.